The minimum Gasteiger partial charge on any atom is -0.459 e. The Morgan fingerprint density at radius 3 is 2.63 bits per heavy atom. The number of aryl methyl sites for hydroxylation is 1. The highest BCUT2D eigenvalue weighted by atomic mass is 32.1. The van der Waals surface area contributed by atoms with Gasteiger partial charge < -0.3 is 14.4 Å². The number of nitrogens with zero attached hydrogens (tertiary/aromatic N) is 4. The van der Waals surface area contributed by atoms with Crippen LogP contribution in [0.3, 0.4) is 0 Å². The van der Waals surface area contributed by atoms with E-state index in [2.05, 4.69) is 9.59 Å². The van der Waals surface area contributed by atoms with Crippen LogP contribution in [0.4, 0.5) is 4.79 Å². The van der Waals surface area contributed by atoms with Gasteiger partial charge in [-0.15, -0.1) is 5.10 Å². The first-order valence-electron chi connectivity index (χ1n) is 9.78. The van der Waals surface area contributed by atoms with E-state index in [1.54, 1.807) is 11.8 Å². The lowest BCUT2D eigenvalue weighted by Gasteiger charge is -2.37. The van der Waals surface area contributed by atoms with Gasteiger partial charge in [0.15, 0.2) is 6.04 Å². The van der Waals surface area contributed by atoms with Crippen LogP contribution in [-0.4, -0.2) is 69.1 Å². The Balaban J connectivity index is 1.35. The molecule has 4 rings (SSSR count). The van der Waals surface area contributed by atoms with Crippen molar-refractivity contribution in [2.75, 3.05) is 19.7 Å². The Labute approximate surface area is 177 Å². The van der Waals surface area contributed by atoms with Gasteiger partial charge in [-0.2, -0.15) is 0 Å². The maximum Gasteiger partial charge on any atom is 0.410 e. The molecular formula is C20H22N4O5S. The fraction of sp³-hybridized carbons (Fsp3) is 0.450. The molecule has 2 aliphatic rings. The normalized spacial score (nSPS) is 19.6. The van der Waals surface area contributed by atoms with Gasteiger partial charge in [0.25, 0.3) is 5.91 Å². The largest absolute Gasteiger partial charge is 0.459 e. The number of cyclic esters (lactones) is 1. The smallest absolute Gasteiger partial charge is 0.410 e. The molecule has 2 fully saturated rings. The molecule has 0 aliphatic carbocycles. The average Bonchev–Trinajstić information content (AvgIpc) is 3.38. The van der Waals surface area contributed by atoms with Crippen LogP contribution in [0.2, 0.25) is 0 Å². The molecule has 1 atom stereocenters. The quantitative estimate of drug-likeness (QED) is 0.669. The molecule has 10 heteroatoms. The van der Waals surface area contributed by atoms with E-state index in [1.807, 2.05) is 30.3 Å². The molecule has 0 saturated carbocycles. The van der Waals surface area contributed by atoms with Crippen LogP contribution in [0.5, 0.6) is 0 Å². The molecule has 0 N–H and O–H groups in total. The number of piperidine rings is 1. The molecular weight excluding hydrogens is 408 g/mol. The van der Waals surface area contributed by atoms with Gasteiger partial charge in [-0.05, 0) is 36.9 Å². The number of carbonyl (C=O) groups excluding carboxylic acids is 3. The summed E-state index contributed by atoms with van der Waals surface area (Å²) in [4.78, 5) is 41.3. The number of rotatable bonds is 5. The van der Waals surface area contributed by atoms with Gasteiger partial charge in [0.2, 0.25) is 0 Å². The Morgan fingerprint density at radius 2 is 1.97 bits per heavy atom. The summed E-state index contributed by atoms with van der Waals surface area (Å²) in [5.41, 5.74) is 1.50. The van der Waals surface area contributed by atoms with Crippen molar-refractivity contribution in [3.8, 4) is 0 Å². The van der Waals surface area contributed by atoms with E-state index in [0.29, 0.717) is 36.5 Å². The number of hydrogen-bond donors (Lipinski definition) is 0. The van der Waals surface area contributed by atoms with Gasteiger partial charge in [-0.3, -0.25) is 9.69 Å². The molecule has 1 aromatic heterocycles. The second-order valence-electron chi connectivity index (χ2n) is 7.30. The predicted molar refractivity (Wildman–Crippen MR) is 107 cm³/mol. The molecule has 1 aromatic carbocycles. The Morgan fingerprint density at radius 1 is 1.23 bits per heavy atom. The summed E-state index contributed by atoms with van der Waals surface area (Å²) in [5, 5.41) is 3.89. The average molecular weight is 430 g/mol. The Kier molecular flexibility index (Phi) is 5.93. The summed E-state index contributed by atoms with van der Waals surface area (Å²) in [7, 11) is 0. The highest BCUT2D eigenvalue weighted by Gasteiger charge is 2.44. The van der Waals surface area contributed by atoms with E-state index in [-0.39, 0.29) is 25.2 Å². The van der Waals surface area contributed by atoms with Gasteiger partial charge >= 0.3 is 12.1 Å². The monoisotopic (exact) mass is 430 g/mol. The first kappa shape index (κ1) is 20.3. The summed E-state index contributed by atoms with van der Waals surface area (Å²) in [5.74, 6) is -0.571. The third kappa shape index (κ3) is 4.13. The number of amides is 2. The zero-order valence-corrected chi connectivity index (χ0v) is 17.3. The minimum atomic E-state index is -0.763. The molecule has 0 bridgehead atoms. The van der Waals surface area contributed by atoms with Crippen LogP contribution < -0.4 is 0 Å². The number of esters is 1. The number of benzene rings is 1. The van der Waals surface area contributed by atoms with Gasteiger partial charge in [0.05, 0.1) is 5.69 Å². The molecule has 0 spiro atoms. The van der Waals surface area contributed by atoms with Crippen LogP contribution in [0.1, 0.15) is 33.8 Å². The van der Waals surface area contributed by atoms with Crippen LogP contribution in [0.25, 0.3) is 0 Å². The molecule has 2 aromatic rings. The number of likely N-dealkylation sites (tertiary alicyclic amines) is 1. The van der Waals surface area contributed by atoms with Crippen molar-refractivity contribution in [1.82, 2.24) is 19.4 Å². The van der Waals surface area contributed by atoms with Gasteiger partial charge in [0, 0.05) is 19.1 Å². The molecule has 2 saturated heterocycles. The van der Waals surface area contributed by atoms with Gasteiger partial charge in [0.1, 0.15) is 18.1 Å². The number of aromatic nitrogens is 2. The number of hydrogen-bond acceptors (Lipinski definition) is 8. The lowest BCUT2D eigenvalue weighted by atomic mass is 10.0. The molecule has 2 amide bonds. The van der Waals surface area contributed by atoms with Crippen molar-refractivity contribution in [3.05, 3.63) is 46.5 Å². The van der Waals surface area contributed by atoms with Crippen molar-refractivity contribution in [2.24, 2.45) is 0 Å². The second kappa shape index (κ2) is 8.78. The zero-order valence-electron chi connectivity index (χ0n) is 16.5. The zero-order chi connectivity index (χ0) is 21.1. The summed E-state index contributed by atoms with van der Waals surface area (Å²) in [6.45, 7) is 2.85. The van der Waals surface area contributed by atoms with Crippen LogP contribution >= 0.6 is 11.5 Å². The third-order valence-corrected chi connectivity index (χ3v) is 6.21. The van der Waals surface area contributed by atoms with E-state index in [9.17, 15) is 14.4 Å². The molecule has 1 unspecified atom stereocenters. The van der Waals surface area contributed by atoms with E-state index in [1.165, 1.54) is 4.90 Å². The third-order valence-electron chi connectivity index (χ3n) is 5.40. The Bertz CT molecular complexity index is 926. The number of carbonyl (C=O) groups is 3. The SMILES string of the molecule is Cc1nnsc1C(=O)N1CCC(N2C(=O)OCC2C(=O)OCc2ccccc2)CC1. The van der Waals surface area contributed by atoms with E-state index < -0.39 is 18.1 Å². The van der Waals surface area contributed by atoms with Crippen molar-refractivity contribution in [1.29, 1.82) is 0 Å². The predicted octanol–water partition coefficient (Wildman–Crippen LogP) is 2.02. The first-order chi connectivity index (χ1) is 14.5. The standard InChI is InChI=1S/C20H22N4O5S/c1-13-17(30-22-21-13)18(25)23-9-7-15(8-10-23)24-16(12-29-20(24)27)19(26)28-11-14-5-3-2-4-6-14/h2-6,15-16H,7-12H2,1H3. The van der Waals surface area contributed by atoms with Crippen molar-refractivity contribution >= 4 is 29.5 Å². The molecule has 2 aliphatic heterocycles. The molecule has 3 heterocycles. The maximum absolute atomic E-state index is 12.6. The minimum absolute atomic E-state index is 0.0165. The number of ether oxygens (including phenoxy) is 2. The molecule has 0 radical (unpaired) electrons. The van der Waals surface area contributed by atoms with Crippen molar-refractivity contribution in [2.45, 2.75) is 38.5 Å². The fourth-order valence-electron chi connectivity index (χ4n) is 3.76. The van der Waals surface area contributed by atoms with Crippen molar-refractivity contribution < 1.29 is 23.9 Å². The lowest BCUT2D eigenvalue weighted by molar-refractivity contribution is -0.150. The van der Waals surface area contributed by atoms with Gasteiger partial charge in [-0.1, -0.05) is 34.8 Å². The molecule has 158 valence electrons. The molecule has 9 nitrogen and oxygen atoms in total. The molecule has 30 heavy (non-hydrogen) atoms. The van der Waals surface area contributed by atoms with E-state index >= 15 is 0 Å². The first-order valence-corrected chi connectivity index (χ1v) is 10.6. The highest BCUT2D eigenvalue weighted by Crippen LogP contribution is 2.26. The van der Waals surface area contributed by atoms with Crippen LogP contribution in [-0.2, 0) is 20.9 Å². The van der Waals surface area contributed by atoms with Crippen molar-refractivity contribution in [3.63, 3.8) is 0 Å². The summed E-state index contributed by atoms with van der Waals surface area (Å²) >= 11 is 1.09. The Hall–Kier alpha value is -3.01. The van der Waals surface area contributed by atoms with E-state index in [4.69, 9.17) is 9.47 Å². The second-order valence-corrected chi connectivity index (χ2v) is 8.06. The highest BCUT2D eigenvalue weighted by molar-refractivity contribution is 7.07. The maximum atomic E-state index is 12.6. The van der Waals surface area contributed by atoms with Gasteiger partial charge in [-0.25, -0.2) is 9.59 Å². The topological polar surface area (TPSA) is 102 Å². The van der Waals surface area contributed by atoms with Crippen LogP contribution in [0.15, 0.2) is 30.3 Å². The summed E-state index contributed by atoms with van der Waals surface area (Å²) < 4.78 is 14.4. The summed E-state index contributed by atoms with van der Waals surface area (Å²) in [6.07, 6.45) is 0.618. The van der Waals surface area contributed by atoms with Crippen LogP contribution in [0, 0.1) is 6.92 Å². The lowest BCUT2D eigenvalue weighted by Crippen LogP contribution is -2.52. The summed E-state index contributed by atoms with van der Waals surface area (Å²) in [6, 6.07) is 8.43. The van der Waals surface area contributed by atoms with E-state index in [0.717, 1.165) is 17.1 Å². The fourth-order valence-corrected chi connectivity index (χ4v) is 4.39.